The van der Waals surface area contributed by atoms with Crippen LogP contribution in [0.25, 0.3) is 0 Å². The summed E-state index contributed by atoms with van der Waals surface area (Å²) in [6, 6.07) is 19.7. The highest BCUT2D eigenvalue weighted by molar-refractivity contribution is 5.86. The van der Waals surface area contributed by atoms with Crippen molar-refractivity contribution in [1.82, 2.24) is 10.2 Å². The van der Waals surface area contributed by atoms with Gasteiger partial charge in [0, 0.05) is 6.54 Å². The summed E-state index contributed by atoms with van der Waals surface area (Å²) in [7, 11) is 0. The van der Waals surface area contributed by atoms with Gasteiger partial charge in [-0.2, -0.15) is 0 Å². The molecule has 0 aromatic heterocycles. The summed E-state index contributed by atoms with van der Waals surface area (Å²) in [5.74, 6) is 0.00258. The molecule has 3 rings (SSSR count). The van der Waals surface area contributed by atoms with Crippen molar-refractivity contribution >= 4 is 5.91 Å². The second-order valence-electron chi connectivity index (χ2n) is 9.52. The van der Waals surface area contributed by atoms with Crippen molar-refractivity contribution < 1.29 is 9.90 Å². The Morgan fingerprint density at radius 3 is 2.07 bits per heavy atom. The van der Waals surface area contributed by atoms with E-state index in [1.807, 2.05) is 62.1 Å². The first-order valence-corrected chi connectivity index (χ1v) is 11.1. The van der Waals surface area contributed by atoms with Gasteiger partial charge < -0.3 is 10.0 Å². The normalized spacial score (nSPS) is 21.6. The molecule has 2 aromatic rings. The predicted octanol–water partition coefficient (Wildman–Crippen LogP) is 4.52. The number of nitrogens with one attached hydrogen (secondary N) is 1. The molecule has 1 fully saturated rings. The molecule has 0 bridgehead atoms. The van der Waals surface area contributed by atoms with Crippen LogP contribution in [0.5, 0.6) is 0 Å². The Balaban J connectivity index is 1.86. The van der Waals surface area contributed by atoms with Crippen LogP contribution in [0, 0.1) is 5.41 Å². The van der Waals surface area contributed by atoms with Gasteiger partial charge in [-0.3, -0.25) is 10.1 Å². The Morgan fingerprint density at radius 1 is 0.967 bits per heavy atom. The molecule has 1 aliphatic rings. The minimum absolute atomic E-state index is 0.00258. The standard InChI is InChI=1S/C26H36N2O2/c1-5-12-22-27-23(24(29)28(22)19-21-15-10-7-11-16-21)26(30,25(2,3)4)18-17-20-13-8-6-9-14-20/h6-11,13-16,22-23,27,30H,5,12,17-19H2,1-4H3/t22?,23-,26+/m1/s1. The summed E-state index contributed by atoms with van der Waals surface area (Å²) in [6.45, 7) is 8.78. The largest absolute Gasteiger partial charge is 0.387 e. The molecule has 4 nitrogen and oxygen atoms in total. The number of carbonyl (C=O) groups is 1. The van der Waals surface area contributed by atoms with E-state index in [9.17, 15) is 9.90 Å². The topological polar surface area (TPSA) is 52.6 Å². The number of amides is 1. The third-order valence-corrected chi connectivity index (χ3v) is 6.44. The quantitative estimate of drug-likeness (QED) is 0.675. The average Bonchev–Trinajstić information content (AvgIpc) is 3.03. The van der Waals surface area contributed by atoms with Crippen LogP contribution in [0.4, 0.5) is 0 Å². The van der Waals surface area contributed by atoms with Crippen molar-refractivity contribution in [2.24, 2.45) is 5.41 Å². The van der Waals surface area contributed by atoms with Crippen molar-refractivity contribution in [2.45, 2.75) is 77.7 Å². The lowest BCUT2D eigenvalue weighted by molar-refractivity contribution is -0.143. The van der Waals surface area contributed by atoms with Crippen LogP contribution < -0.4 is 5.32 Å². The first-order valence-electron chi connectivity index (χ1n) is 11.1. The maximum absolute atomic E-state index is 13.6. The van der Waals surface area contributed by atoms with Crippen LogP contribution in [0.15, 0.2) is 60.7 Å². The summed E-state index contributed by atoms with van der Waals surface area (Å²) < 4.78 is 0. The molecule has 1 aliphatic heterocycles. The summed E-state index contributed by atoms with van der Waals surface area (Å²) in [5.41, 5.74) is 0.682. The van der Waals surface area contributed by atoms with Crippen LogP contribution in [-0.2, 0) is 17.8 Å². The lowest BCUT2D eigenvalue weighted by Gasteiger charge is -2.44. The predicted molar refractivity (Wildman–Crippen MR) is 122 cm³/mol. The zero-order valence-electron chi connectivity index (χ0n) is 18.8. The Labute approximate surface area is 181 Å². The van der Waals surface area contributed by atoms with Gasteiger partial charge in [0.05, 0.1) is 11.8 Å². The Morgan fingerprint density at radius 2 is 1.53 bits per heavy atom. The van der Waals surface area contributed by atoms with E-state index in [0.29, 0.717) is 13.0 Å². The Bertz CT molecular complexity index is 816. The minimum atomic E-state index is -1.16. The van der Waals surface area contributed by atoms with Crippen molar-refractivity contribution in [3.63, 3.8) is 0 Å². The Kier molecular flexibility index (Phi) is 6.99. The van der Waals surface area contributed by atoms with Gasteiger partial charge in [0.1, 0.15) is 6.04 Å². The third-order valence-electron chi connectivity index (χ3n) is 6.44. The van der Waals surface area contributed by atoms with Gasteiger partial charge in [-0.1, -0.05) is 94.8 Å². The second kappa shape index (κ2) is 9.32. The van der Waals surface area contributed by atoms with Gasteiger partial charge >= 0.3 is 0 Å². The van der Waals surface area contributed by atoms with E-state index in [-0.39, 0.29) is 12.1 Å². The molecule has 1 amide bonds. The zero-order chi connectivity index (χ0) is 21.8. The number of aliphatic hydroxyl groups is 1. The molecule has 1 saturated heterocycles. The van der Waals surface area contributed by atoms with Crippen LogP contribution in [0.2, 0.25) is 0 Å². The van der Waals surface area contributed by atoms with Crippen LogP contribution >= 0.6 is 0 Å². The Hall–Kier alpha value is -2.17. The van der Waals surface area contributed by atoms with E-state index in [1.54, 1.807) is 0 Å². The number of hydrogen-bond donors (Lipinski definition) is 2. The highest BCUT2D eigenvalue weighted by atomic mass is 16.3. The van der Waals surface area contributed by atoms with E-state index in [1.165, 1.54) is 5.56 Å². The molecule has 4 heteroatoms. The molecule has 0 aliphatic carbocycles. The minimum Gasteiger partial charge on any atom is -0.387 e. The molecule has 2 aromatic carbocycles. The van der Waals surface area contributed by atoms with Gasteiger partial charge in [-0.05, 0) is 35.8 Å². The van der Waals surface area contributed by atoms with E-state index in [2.05, 4.69) is 36.5 Å². The first-order chi connectivity index (χ1) is 14.3. The van der Waals surface area contributed by atoms with Gasteiger partial charge in [-0.15, -0.1) is 0 Å². The molecule has 3 atom stereocenters. The SMILES string of the molecule is CCCC1N[C@@H]([C@@](O)(CCc2ccccc2)C(C)(C)C)C(=O)N1Cc1ccccc1. The van der Waals surface area contributed by atoms with Crippen molar-refractivity contribution in [1.29, 1.82) is 0 Å². The monoisotopic (exact) mass is 408 g/mol. The molecule has 1 heterocycles. The van der Waals surface area contributed by atoms with E-state index in [4.69, 9.17) is 0 Å². The maximum atomic E-state index is 13.6. The first kappa shape index (κ1) is 22.5. The zero-order valence-corrected chi connectivity index (χ0v) is 18.8. The molecule has 0 spiro atoms. The lowest BCUT2D eigenvalue weighted by Crippen LogP contribution is -2.60. The lowest BCUT2D eigenvalue weighted by atomic mass is 9.69. The van der Waals surface area contributed by atoms with Crippen molar-refractivity contribution in [3.05, 3.63) is 71.8 Å². The number of rotatable bonds is 8. The maximum Gasteiger partial charge on any atom is 0.244 e. The molecule has 1 unspecified atom stereocenters. The fourth-order valence-electron chi connectivity index (χ4n) is 4.43. The number of hydrogen-bond acceptors (Lipinski definition) is 3. The van der Waals surface area contributed by atoms with Gasteiger partial charge in [0.15, 0.2) is 0 Å². The average molecular weight is 409 g/mol. The second-order valence-corrected chi connectivity index (χ2v) is 9.52. The fraction of sp³-hybridized carbons (Fsp3) is 0.500. The number of benzene rings is 2. The van der Waals surface area contributed by atoms with E-state index >= 15 is 0 Å². The molecular formula is C26H36N2O2. The van der Waals surface area contributed by atoms with Gasteiger partial charge in [0.2, 0.25) is 5.91 Å². The molecule has 30 heavy (non-hydrogen) atoms. The van der Waals surface area contributed by atoms with Crippen LogP contribution in [0.1, 0.15) is 58.1 Å². The van der Waals surface area contributed by atoms with E-state index < -0.39 is 17.1 Å². The fourth-order valence-corrected chi connectivity index (χ4v) is 4.43. The number of carbonyl (C=O) groups excluding carboxylic acids is 1. The van der Waals surface area contributed by atoms with Crippen molar-refractivity contribution in [2.75, 3.05) is 0 Å². The number of aryl methyl sites for hydroxylation is 1. The molecule has 0 saturated carbocycles. The third kappa shape index (κ3) is 4.76. The molecule has 2 N–H and O–H groups in total. The smallest absolute Gasteiger partial charge is 0.244 e. The highest BCUT2D eigenvalue weighted by Gasteiger charge is 2.54. The summed E-state index contributed by atoms with van der Waals surface area (Å²) >= 11 is 0. The van der Waals surface area contributed by atoms with Crippen LogP contribution in [0.3, 0.4) is 0 Å². The van der Waals surface area contributed by atoms with Crippen LogP contribution in [-0.4, -0.2) is 33.7 Å². The summed E-state index contributed by atoms with van der Waals surface area (Å²) in [5, 5.41) is 15.5. The number of nitrogens with zero attached hydrogens (tertiary/aromatic N) is 1. The molecule has 0 radical (unpaired) electrons. The van der Waals surface area contributed by atoms with Gasteiger partial charge in [-0.25, -0.2) is 0 Å². The molecular weight excluding hydrogens is 372 g/mol. The van der Waals surface area contributed by atoms with Crippen molar-refractivity contribution in [3.8, 4) is 0 Å². The summed E-state index contributed by atoms with van der Waals surface area (Å²) in [6.07, 6.45) is 3.05. The molecule has 162 valence electrons. The van der Waals surface area contributed by atoms with E-state index in [0.717, 1.165) is 24.8 Å². The van der Waals surface area contributed by atoms with Gasteiger partial charge in [0.25, 0.3) is 0 Å². The summed E-state index contributed by atoms with van der Waals surface area (Å²) in [4.78, 5) is 15.5. The highest BCUT2D eigenvalue weighted by Crippen LogP contribution is 2.40.